The molecule has 0 amide bonds. The number of allylic oxidation sites excluding steroid dienone is 6. The van der Waals surface area contributed by atoms with Crippen molar-refractivity contribution in [2.75, 3.05) is 0 Å². The molecule has 2 aliphatic rings. The van der Waals surface area contributed by atoms with Crippen LogP contribution in [0.1, 0.15) is 26.2 Å². The summed E-state index contributed by atoms with van der Waals surface area (Å²) in [4.78, 5) is 4.57. The Morgan fingerprint density at radius 3 is 2.66 bits per heavy atom. The third kappa shape index (κ3) is 6.85. The number of nitrogens with one attached hydrogen (secondary N) is 1. The smallest absolute Gasteiger partial charge is 0.404 e. The second-order valence-corrected chi connectivity index (χ2v) is 9.61. The summed E-state index contributed by atoms with van der Waals surface area (Å²) in [7, 11) is 0. The van der Waals surface area contributed by atoms with Crippen molar-refractivity contribution in [3.63, 3.8) is 0 Å². The van der Waals surface area contributed by atoms with E-state index in [0.29, 0.717) is 5.57 Å². The van der Waals surface area contributed by atoms with Gasteiger partial charge in [0.1, 0.15) is 5.41 Å². The van der Waals surface area contributed by atoms with Gasteiger partial charge < -0.3 is 5.73 Å². The normalized spacial score (nSPS) is 27.0. The standard InChI is InChI=1S/C22H24F5IN4/c1-4-15(13-29)9-11-20(2)14-30-32-19(20)31-18(10-12-21(23,24)28-3)16-5-7-17(8-6-16)22(25,26)27/h4,7,10,12-14,16,19,32H,1,3,5-6,8,29H2,2H3/b12-10+,15-13+,31-18?/t16-,19?,20?/m0/s1. The lowest BCUT2D eigenvalue weighted by Crippen LogP contribution is -2.36. The van der Waals surface area contributed by atoms with Crippen molar-refractivity contribution in [1.29, 1.82) is 0 Å². The van der Waals surface area contributed by atoms with Gasteiger partial charge in [-0.2, -0.15) is 27.1 Å². The first-order valence-corrected chi connectivity index (χ1v) is 12.2. The molecule has 1 heterocycles. The predicted octanol–water partition coefficient (Wildman–Crippen LogP) is 5.22. The zero-order valence-electron chi connectivity index (χ0n) is 17.4. The van der Waals surface area contributed by atoms with E-state index in [1.54, 1.807) is 13.1 Å². The number of hydrazone groups is 1. The molecular formula is C22H24F5IN4. The summed E-state index contributed by atoms with van der Waals surface area (Å²) in [5.74, 6) is 5.42. The lowest BCUT2D eigenvalue weighted by molar-refractivity contribution is -0.0953. The molecule has 0 radical (unpaired) electrons. The second-order valence-electron chi connectivity index (χ2n) is 7.41. The third-order valence-corrected chi connectivity index (χ3v) is 6.44. The van der Waals surface area contributed by atoms with Crippen LogP contribution in [-0.4, -0.2) is 32.7 Å². The number of nitrogens with zero attached hydrogens (tertiary/aromatic N) is 2. The first-order chi connectivity index (χ1) is 14.9. The third-order valence-electron chi connectivity index (χ3n) is 5.07. The van der Waals surface area contributed by atoms with Crippen LogP contribution in [0.25, 0.3) is 0 Å². The van der Waals surface area contributed by atoms with Gasteiger partial charge in [-0.05, 0) is 59.1 Å². The number of halogens is 6. The lowest BCUT2D eigenvalue weighted by atomic mass is 9.85. The van der Waals surface area contributed by atoms with Crippen molar-refractivity contribution in [3.8, 4) is 11.8 Å². The summed E-state index contributed by atoms with van der Waals surface area (Å²) in [6, 6.07) is 0. The Morgan fingerprint density at radius 1 is 1.41 bits per heavy atom. The molecule has 10 heteroatoms. The summed E-state index contributed by atoms with van der Waals surface area (Å²) in [6.07, 6.45) is 2.27. The zero-order valence-corrected chi connectivity index (χ0v) is 19.6. The van der Waals surface area contributed by atoms with Crippen LogP contribution >= 0.6 is 20.7 Å². The molecule has 2 rings (SSSR count). The Bertz CT molecular complexity index is 950. The maximum absolute atomic E-state index is 13.8. The summed E-state index contributed by atoms with van der Waals surface area (Å²) in [6.45, 7) is 5.37. The zero-order chi connectivity index (χ0) is 24.0. The van der Waals surface area contributed by atoms with Gasteiger partial charge in [0.05, 0.1) is 0 Å². The minimum atomic E-state index is -4.39. The van der Waals surface area contributed by atoms with Gasteiger partial charge in [0.15, 0.2) is 6.17 Å². The van der Waals surface area contributed by atoms with Crippen LogP contribution in [0.2, 0.25) is 0 Å². The Morgan fingerprint density at radius 2 is 2.12 bits per heavy atom. The van der Waals surface area contributed by atoms with Crippen LogP contribution in [0.4, 0.5) is 22.0 Å². The van der Waals surface area contributed by atoms with E-state index in [9.17, 15) is 22.0 Å². The largest absolute Gasteiger partial charge is 0.412 e. The fourth-order valence-corrected chi connectivity index (χ4v) is 3.53. The number of nitrogens with two attached hydrogens (primary N) is 1. The van der Waals surface area contributed by atoms with E-state index in [1.807, 2.05) is 0 Å². The molecule has 1 aliphatic heterocycles. The van der Waals surface area contributed by atoms with Gasteiger partial charge in [0, 0.05) is 35.2 Å². The van der Waals surface area contributed by atoms with Crippen LogP contribution in [0, 0.1) is 23.2 Å². The molecule has 0 aromatic heterocycles. The summed E-state index contributed by atoms with van der Waals surface area (Å²) < 4.78 is 66.9. The topological polar surface area (TPSA) is 62.8 Å². The molecule has 0 fully saturated rings. The Kier molecular flexibility index (Phi) is 8.56. The van der Waals surface area contributed by atoms with Crippen LogP contribution in [0.5, 0.6) is 0 Å². The quantitative estimate of drug-likeness (QED) is 0.0882. The van der Waals surface area contributed by atoms with Crippen LogP contribution < -0.4 is 11.2 Å². The van der Waals surface area contributed by atoms with Gasteiger partial charge in [-0.3, -0.25) is 10.4 Å². The minimum absolute atomic E-state index is 0.0511. The van der Waals surface area contributed by atoms with Crippen molar-refractivity contribution in [2.45, 2.75) is 42.5 Å². The van der Waals surface area contributed by atoms with E-state index < -0.39 is 53.9 Å². The van der Waals surface area contributed by atoms with E-state index in [1.165, 1.54) is 18.4 Å². The monoisotopic (exact) mass is 566 g/mol. The number of alkyl halides is 6. The summed E-state index contributed by atoms with van der Waals surface area (Å²) in [5.41, 5.74) is 7.55. The van der Waals surface area contributed by atoms with Crippen LogP contribution in [0.3, 0.4) is 0 Å². The Hall–Kier alpha value is -2.29. The molecule has 0 bridgehead atoms. The first kappa shape index (κ1) is 26.0. The average molecular weight is 566 g/mol. The van der Waals surface area contributed by atoms with Gasteiger partial charge in [0.25, 0.3) is 0 Å². The average Bonchev–Trinajstić information content (AvgIpc) is 3.11. The van der Waals surface area contributed by atoms with Gasteiger partial charge in [0.2, 0.25) is 0 Å². The van der Waals surface area contributed by atoms with Crippen molar-refractivity contribution in [3.05, 3.63) is 48.2 Å². The van der Waals surface area contributed by atoms with Crippen molar-refractivity contribution >= 4 is 37.2 Å². The molecule has 0 saturated heterocycles. The highest BCUT2D eigenvalue weighted by atomic mass is 127. The fourth-order valence-electron chi connectivity index (χ4n) is 3.10. The van der Waals surface area contributed by atoms with Gasteiger partial charge in [-0.1, -0.05) is 35.1 Å². The molecule has 1 aliphatic carbocycles. The van der Waals surface area contributed by atoms with E-state index in [-0.39, 0.29) is 25.0 Å². The molecule has 3 N–H and O–H groups in total. The maximum atomic E-state index is 13.8. The molecule has 32 heavy (non-hydrogen) atoms. The molecule has 0 aromatic rings. The summed E-state index contributed by atoms with van der Waals surface area (Å²) >= 11 is -1.64. The predicted molar refractivity (Wildman–Crippen MR) is 128 cm³/mol. The van der Waals surface area contributed by atoms with E-state index >= 15 is 0 Å². The Balaban J connectivity index is 2.40. The molecule has 0 spiro atoms. The first-order valence-electron chi connectivity index (χ1n) is 9.62. The van der Waals surface area contributed by atoms with Crippen molar-refractivity contribution in [2.24, 2.45) is 27.2 Å². The second kappa shape index (κ2) is 10.6. The van der Waals surface area contributed by atoms with Gasteiger partial charge >= 0.3 is 10.1 Å². The molecule has 3 atom stereocenters. The van der Waals surface area contributed by atoms with Gasteiger partial charge in [-0.25, -0.2) is 0 Å². The number of rotatable bonds is 6. The molecular weight excluding hydrogens is 542 g/mol. The maximum Gasteiger partial charge on any atom is 0.412 e. The molecule has 0 saturated carbocycles. The highest BCUT2D eigenvalue weighted by Crippen LogP contribution is 2.37. The SMILES string of the molecule is C=C/C(C#CC1(C)C=NNC1N=C(/C=C/C(F)(F)I=C)[C@H]1CC=C(C(F)(F)F)CC1)=C\N. The van der Waals surface area contributed by atoms with Crippen LogP contribution in [0.15, 0.2) is 58.3 Å². The molecule has 0 aromatic carbocycles. The van der Waals surface area contributed by atoms with E-state index in [2.05, 4.69) is 38.5 Å². The van der Waals surface area contributed by atoms with E-state index in [4.69, 9.17) is 5.73 Å². The van der Waals surface area contributed by atoms with Crippen molar-refractivity contribution < 1.29 is 22.0 Å². The summed E-state index contributed by atoms with van der Waals surface area (Å²) in [5, 5.41) is 4.02. The Labute approximate surface area is 194 Å². The highest BCUT2D eigenvalue weighted by Gasteiger charge is 2.38. The number of aliphatic imine (C=N–C) groups is 1. The number of hydrogen-bond donors (Lipinski definition) is 2. The molecule has 4 nitrogen and oxygen atoms in total. The number of hydrogen-bond acceptors (Lipinski definition) is 4. The van der Waals surface area contributed by atoms with E-state index in [0.717, 1.165) is 12.2 Å². The lowest BCUT2D eigenvalue weighted by Gasteiger charge is -2.26. The minimum Gasteiger partial charge on any atom is -0.404 e. The fraction of sp³-hybridized carbons (Fsp3) is 0.409. The molecule has 2 unspecified atom stereocenters. The van der Waals surface area contributed by atoms with Crippen molar-refractivity contribution in [1.82, 2.24) is 5.43 Å². The highest BCUT2D eigenvalue weighted by molar-refractivity contribution is 14.2. The van der Waals surface area contributed by atoms with Gasteiger partial charge in [-0.15, -0.1) is 0 Å². The van der Waals surface area contributed by atoms with Crippen LogP contribution in [-0.2, 0) is 0 Å². The molecule has 174 valence electrons.